The van der Waals surface area contributed by atoms with Gasteiger partial charge in [-0.15, -0.1) is 0 Å². The van der Waals surface area contributed by atoms with Crippen LogP contribution in [-0.2, 0) is 27.9 Å². The minimum Gasteiger partial charge on any atom is -0.350 e. The lowest BCUT2D eigenvalue weighted by molar-refractivity contribution is -0.122. The van der Waals surface area contributed by atoms with Crippen molar-refractivity contribution in [1.82, 2.24) is 10.2 Å². The number of likely N-dealkylation sites (tertiary alicyclic amines) is 1. The molecular formula is C24H33N3O3S. The SMILES string of the molecule is Cc1ccc(N([C@H](C)C(=O)NCc2ccccc2CN2CCCCC2)S(C)(=O)=O)cc1. The van der Waals surface area contributed by atoms with E-state index in [9.17, 15) is 13.2 Å². The number of hydrogen-bond acceptors (Lipinski definition) is 4. The number of anilines is 1. The Labute approximate surface area is 186 Å². The van der Waals surface area contributed by atoms with Crippen LogP contribution in [0.3, 0.4) is 0 Å². The number of nitrogens with one attached hydrogen (secondary N) is 1. The van der Waals surface area contributed by atoms with Crippen molar-refractivity contribution in [2.24, 2.45) is 0 Å². The van der Waals surface area contributed by atoms with Crippen LogP contribution in [0.25, 0.3) is 0 Å². The Bertz CT molecular complexity index is 983. The van der Waals surface area contributed by atoms with E-state index in [-0.39, 0.29) is 5.91 Å². The molecule has 1 N–H and O–H groups in total. The average molecular weight is 444 g/mol. The van der Waals surface area contributed by atoms with Crippen molar-refractivity contribution in [3.63, 3.8) is 0 Å². The van der Waals surface area contributed by atoms with E-state index in [0.717, 1.165) is 37.0 Å². The largest absolute Gasteiger partial charge is 0.350 e. The molecule has 0 spiro atoms. The first-order valence-corrected chi connectivity index (χ1v) is 12.7. The van der Waals surface area contributed by atoms with Crippen LogP contribution in [0.5, 0.6) is 0 Å². The van der Waals surface area contributed by atoms with Crippen LogP contribution >= 0.6 is 0 Å². The lowest BCUT2D eigenvalue weighted by atomic mass is 10.0. The molecule has 0 unspecified atom stereocenters. The number of hydrogen-bond donors (Lipinski definition) is 1. The molecule has 1 amide bonds. The third kappa shape index (κ3) is 6.31. The van der Waals surface area contributed by atoms with Crippen molar-refractivity contribution in [2.45, 2.75) is 52.2 Å². The second-order valence-corrected chi connectivity index (χ2v) is 10.3. The molecule has 1 heterocycles. The minimum absolute atomic E-state index is 0.321. The standard InChI is InChI=1S/C24H33N3O3S/c1-19-11-13-23(14-12-19)27(31(3,29)30)20(2)24(28)25-17-21-9-5-6-10-22(21)18-26-15-7-4-8-16-26/h5-6,9-14,20H,4,7-8,15-18H2,1-3H3,(H,25,28)/t20-/m1/s1. The second kappa shape index (κ2) is 10.3. The predicted molar refractivity (Wildman–Crippen MR) is 125 cm³/mol. The summed E-state index contributed by atoms with van der Waals surface area (Å²) in [5.41, 5.74) is 3.78. The Morgan fingerprint density at radius 1 is 1.03 bits per heavy atom. The van der Waals surface area contributed by atoms with Gasteiger partial charge in [-0.1, -0.05) is 48.4 Å². The molecule has 3 rings (SSSR count). The number of sulfonamides is 1. The van der Waals surface area contributed by atoms with E-state index in [1.165, 1.54) is 29.1 Å². The van der Waals surface area contributed by atoms with Gasteiger partial charge in [0.25, 0.3) is 0 Å². The highest BCUT2D eigenvalue weighted by molar-refractivity contribution is 7.92. The summed E-state index contributed by atoms with van der Waals surface area (Å²) in [6, 6.07) is 14.4. The summed E-state index contributed by atoms with van der Waals surface area (Å²) < 4.78 is 26.1. The van der Waals surface area contributed by atoms with Crippen molar-refractivity contribution < 1.29 is 13.2 Å². The van der Waals surface area contributed by atoms with Crippen molar-refractivity contribution in [3.8, 4) is 0 Å². The van der Waals surface area contributed by atoms with Crippen LogP contribution in [-0.4, -0.2) is 44.6 Å². The summed E-state index contributed by atoms with van der Waals surface area (Å²) in [7, 11) is -3.62. The zero-order valence-electron chi connectivity index (χ0n) is 18.7. The minimum atomic E-state index is -3.62. The number of rotatable bonds is 8. The normalized spacial score (nSPS) is 16.0. The van der Waals surface area contributed by atoms with Crippen LogP contribution < -0.4 is 9.62 Å². The van der Waals surface area contributed by atoms with E-state index >= 15 is 0 Å². The topological polar surface area (TPSA) is 69.7 Å². The zero-order chi connectivity index (χ0) is 22.4. The number of amides is 1. The first kappa shape index (κ1) is 23.3. The number of nitrogens with zero attached hydrogens (tertiary/aromatic N) is 2. The summed E-state index contributed by atoms with van der Waals surface area (Å²) >= 11 is 0. The number of carbonyl (C=O) groups excluding carboxylic acids is 1. The van der Waals surface area contributed by atoms with Gasteiger partial charge in [-0.25, -0.2) is 8.42 Å². The molecule has 0 saturated carbocycles. The molecule has 0 bridgehead atoms. The van der Waals surface area contributed by atoms with Crippen LogP contribution in [0.2, 0.25) is 0 Å². The molecule has 31 heavy (non-hydrogen) atoms. The van der Waals surface area contributed by atoms with Gasteiger partial charge in [-0.2, -0.15) is 0 Å². The van der Waals surface area contributed by atoms with Crippen molar-refractivity contribution in [1.29, 1.82) is 0 Å². The summed E-state index contributed by atoms with van der Waals surface area (Å²) in [5, 5.41) is 2.95. The Balaban J connectivity index is 1.70. The molecule has 0 aliphatic carbocycles. The molecule has 1 aliphatic rings. The van der Waals surface area contributed by atoms with Gasteiger partial charge in [0.15, 0.2) is 0 Å². The lowest BCUT2D eigenvalue weighted by Crippen LogP contribution is -2.47. The highest BCUT2D eigenvalue weighted by atomic mass is 32.2. The number of carbonyl (C=O) groups is 1. The molecule has 0 aromatic heterocycles. The van der Waals surface area contributed by atoms with Crippen molar-refractivity contribution in [3.05, 3.63) is 65.2 Å². The van der Waals surface area contributed by atoms with Crippen LogP contribution in [0.1, 0.15) is 42.9 Å². The Morgan fingerprint density at radius 3 is 2.26 bits per heavy atom. The van der Waals surface area contributed by atoms with Gasteiger partial charge < -0.3 is 5.32 Å². The zero-order valence-corrected chi connectivity index (χ0v) is 19.5. The Morgan fingerprint density at radius 2 is 1.65 bits per heavy atom. The number of piperidine rings is 1. The third-order valence-corrected chi connectivity index (χ3v) is 7.03. The smallest absolute Gasteiger partial charge is 0.243 e. The van der Waals surface area contributed by atoms with Crippen molar-refractivity contribution in [2.75, 3.05) is 23.7 Å². The number of benzene rings is 2. The monoisotopic (exact) mass is 443 g/mol. The van der Waals surface area contributed by atoms with Gasteiger partial charge in [0, 0.05) is 13.1 Å². The van der Waals surface area contributed by atoms with Gasteiger partial charge >= 0.3 is 0 Å². The lowest BCUT2D eigenvalue weighted by Gasteiger charge is -2.29. The summed E-state index contributed by atoms with van der Waals surface area (Å²) in [5.74, 6) is -0.321. The molecule has 2 aromatic carbocycles. The third-order valence-electron chi connectivity index (χ3n) is 5.79. The fourth-order valence-corrected chi connectivity index (χ4v) is 5.25. The maximum absolute atomic E-state index is 12.9. The van der Waals surface area contributed by atoms with Crippen molar-refractivity contribution >= 4 is 21.6 Å². The highest BCUT2D eigenvalue weighted by Gasteiger charge is 2.29. The fourth-order valence-electron chi connectivity index (χ4n) is 4.07. The van der Waals surface area contributed by atoms with Gasteiger partial charge in [0.2, 0.25) is 15.9 Å². The van der Waals surface area contributed by atoms with E-state index in [0.29, 0.717) is 12.2 Å². The molecule has 2 aromatic rings. The maximum atomic E-state index is 12.9. The summed E-state index contributed by atoms with van der Waals surface area (Å²) in [6.07, 6.45) is 4.89. The maximum Gasteiger partial charge on any atom is 0.243 e. The van der Waals surface area contributed by atoms with E-state index in [1.54, 1.807) is 19.1 Å². The number of aryl methyl sites for hydroxylation is 1. The van der Waals surface area contributed by atoms with E-state index in [2.05, 4.69) is 16.3 Å². The molecule has 6 nitrogen and oxygen atoms in total. The Hall–Kier alpha value is -2.38. The van der Waals surface area contributed by atoms with Crippen LogP contribution in [0.4, 0.5) is 5.69 Å². The molecule has 1 saturated heterocycles. The second-order valence-electron chi connectivity index (χ2n) is 8.39. The molecule has 168 valence electrons. The van der Waals surface area contributed by atoms with E-state index in [4.69, 9.17) is 0 Å². The van der Waals surface area contributed by atoms with Gasteiger partial charge in [0.1, 0.15) is 6.04 Å². The van der Waals surface area contributed by atoms with Gasteiger partial charge in [-0.05, 0) is 63.0 Å². The highest BCUT2D eigenvalue weighted by Crippen LogP contribution is 2.22. The first-order valence-electron chi connectivity index (χ1n) is 10.9. The summed E-state index contributed by atoms with van der Waals surface area (Å²) in [4.78, 5) is 15.4. The van der Waals surface area contributed by atoms with Crippen LogP contribution in [0, 0.1) is 6.92 Å². The van der Waals surface area contributed by atoms with E-state index in [1.807, 2.05) is 37.3 Å². The predicted octanol–water partition coefficient (Wildman–Crippen LogP) is 3.45. The summed E-state index contributed by atoms with van der Waals surface area (Å²) in [6.45, 7) is 7.02. The Kier molecular flexibility index (Phi) is 7.73. The van der Waals surface area contributed by atoms with Gasteiger partial charge in [0.05, 0.1) is 11.9 Å². The quantitative estimate of drug-likeness (QED) is 0.678. The van der Waals surface area contributed by atoms with Crippen LogP contribution in [0.15, 0.2) is 48.5 Å². The fraction of sp³-hybridized carbons (Fsp3) is 0.458. The molecular weight excluding hydrogens is 410 g/mol. The molecule has 1 fully saturated rings. The molecule has 1 atom stereocenters. The molecule has 1 aliphatic heterocycles. The first-order chi connectivity index (χ1) is 14.8. The van der Waals surface area contributed by atoms with Gasteiger partial charge in [-0.3, -0.25) is 14.0 Å². The average Bonchev–Trinajstić information content (AvgIpc) is 2.74. The van der Waals surface area contributed by atoms with E-state index < -0.39 is 16.1 Å². The molecule has 7 heteroatoms. The molecule has 0 radical (unpaired) electrons.